The summed E-state index contributed by atoms with van der Waals surface area (Å²) in [5, 5.41) is 3.08. The largest absolute Gasteiger partial charge is 0.495 e. The summed E-state index contributed by atoms with van der Waals surface area (Å²) in [7, 11) is 0.664. The molecule has 0 radical (unpaired) electrons. The summed E-state index contributed by atoms with van der Waals surface area (Å²) in [5.74, 6) is -0.948. The molecule has 0 bridgehead atoms. The molecule has 2 aromatic carbocycles. The summed E-state index contributed by atoms with van der Waals surface area (Å²) >= 11 is 6.03. The highest BCUT2D eigenvalue weighted by Gasteiger charge is 2.18. The maximum absolute atomic E-state index is 12.1. The summed E-state index contributed by atoms with van der Waals surface area (Å²) in [6, 6.07) is 8.46. The molecule has 0 aromatic heterocycles. The number of sulfonamides is 1. The van der Waals surface area contributed by atoms with Crippen LogP contribution in [0.4, 0.5) is 5.69 Å². The van der Waals surface area contributed by atoms with Gasteiger partial charge in [-0.05, 0) is 42.8 Å². The fourth-order valence-corrected chi connectivity index (χ4v) is 3.36. The number of anilines is 1. The Hall–Kier alpha value is -2.62. The summed E-state index contributed by atoms with van der Waals surface area (Å²) in [4.78, 5) is 24.3. The van der Waals surface area contributed by atoms with Gasteiger partial charge in [-0.15, -0.1) is 0 Å². The Bertz CT molecular complexity index is 1020. The molecule has 0 spiro atoms. The Morgan fingerprint density at radius 1 is 1.14 bits per heavy atom. The van der Waals surface area contributed by atoms with Crippen LogP contribution in [-0.2, 0) is 19.6 Å². The third-order valence-corrected chi connectivity index (χ3v) is 6.19. The molecule has 0 aliphatic heterocycles. The average Bonchev–Trinajstić information content (AvgIpc) is 2.68. The highest BCUT2D eigenvalue weighted by Crippen LogP contribution is 2.30. The van der Waals surface area contributed by atoms with Crippen molar-refractivity contribution in [2.24, 2.45) is 0 Å². The lowest BCUT2D eigenvalue weighted by Gasteiger charge is -2.13. The first-order chi connectivity index (χ1) is 13.6. The summed E-state index contributed by atoms with van der Waals surface area (Å²) < 4.78 is 35.3. The number of ether oxygens (including phenoxy) is 2. The minimum atomic E-state index is -3.60. The molecule has 2 aromatic rings. The standard InChI is InChI=1S/C19H21ClN2O6S/c1-12-9-16(17(27-4)10-15(12)20)21-18(23)11-28-19(24)13-5-7-14(8-6-13)29(25,26)22(2)3/h5-10H,11H2,1-4H3,(H,21,23). The van der Waals surface area contributed by atoms with Gasteiger partial charge < -0.3 is 14.8 Å². The highest BCUT2D eigenvalue weighted by atomic mass is 35.5. The number of methoxy groups -OCH3 is 1. The first kappa shape index (κ1) is 22.7. The van der Waals surface area contributed by atoms with Crippen molar-refractivity contribution in [3.8, 4) is 5.75 Å². The molecule has 1 amide bonds. The van der Waals surface area contributed by atoms with Crippen molar-refractivity contribution in [1.82, 2.24) is 4.31 Å². The van der Waals surface area contributed by atoms with Crippen LogP contribution in [0.15, 0.2) is 41.3 Å². The van der Waals surface area contributed by atoms with Crippen molar-refractivity contribution >= 4 is 39.2 Å². The molecule has 156 valence electrons. The zero-order valence-electron chi connectivity index (χ0n) is 16.4. The Balaban J connectivity index is 2.01. The molecule has 0 aliphatic carbocycles. The fourth-order valence-electron chi connectivity index (χ4n) is 2.30. The Morgan fingerprint density at radius 3 is 2.31 bits per heavy atom. The van der Waals surface area contributed by atoms with Crippen molar-refractivity contribution in [1.29, 1.82) is 0 Å². The number of carbonyl (C=O) groups is 2. The smallest absolute Gasteiger partial charge is 0.338 e. The molecule has 29 heavy (non-hydrogen) atoms. The molecule has 1 N–H and O–H groups in total. The van der Waals surface area contributed by atoms with E-state index in [1.54, 1.807) is 19.1 Å². The van der Waals surface area contributed by atoms with Gasteiger partial charge in [0.25, 0.3) is 5.91 Å². The second kappa shape index (κ2) is 9.25. The Labute approximate surface area is 174 Å². The minimum absolute atomic E-state index is 0.0435. The quantitative estimate of drug-likeness (QED) is 0.664. The number of nitrogens with zero attached hydrogens (tertiary/aromatic N) is 1. The number of hydrogen-bond donors (Lipinski definition) is 1. The number of aryl methyl sites for hydroxylation is 1. The molecule has 8 nitrogen and oxygen atoms in total. The number of rotatable bonds is 7. The summed E-state index contributed by atoms with van der Waals surface area (Å²) in [6.07, 6.45) is 0. The van der Waals surface area contributed by atoms with Crippen molar-refractivity contribution in [2.45, 2.75) is 11.8 Å². The van der Waals surface area contributed by atoms with E-state index in [1.165, 1.54) is 45.5 Å². The Kier molecular flexibility index (Phi) is 7.23. The average molecular weight is 441 g/mol. The Morgan fingerprint density at radius 2 is 1.76 bits per heavy atom. The number of hydrogen-bond acceptors (Lipinski definition) is 6. The first-order valence-corrected chi connectivity index (χ1v) is 10.2. The lowest BCUT2D eigenvalue weighted by molar-refractivity contribution is -0.119. The van der Waals surface area contributed by atoms with E-state index in [2.05, 4.69) is 5.32 Å². The van der Waals surface area contributed by atoms with Crippen LogP contribution in [0.5, 0.6) is 5.75 Å². The van der Waals surface area contributed by atoms with Gasteiger partial charge in [-0.2, -0.15) is 0 Å². The van der Waals surface area contributed by atoms with Crippen LogP contribution in [0.25, 0.3) is 0 Å². The van der Waals surface area contributed by atoms with Crippen LogP contribution in [0.1, 0.15) is 15.9 Å². The first-order valence-electron chi connectivity index (χ1n) is 8.40. The molecule has 0 fully saturated rings. The molecule has 0 aliphatic rings. The van der Waals surface area contributed by atoms with E-state index in [4.69, 9.17) is 21.1 Å². The molecular formula is C19H21ClN2O6S. The van der Waals surface area contributed by atoms with Gasteiger partial charge in [0.1, 0.15) is 5.75 Å². The molecular weight excluding hydrogens is 420 g/mol. The van der Waals surface area contributed by atoms with E-state index in [0.717, 1.165) is 9.87 Å². The number of halogens is 1. The lowest BCUT2D eigenvalue weighted by Crippen LogP contribution is -2.22. The molecule has 0 unspecified atom stereocenters. The molecule has 0 saturated carbocycles. The number of benzene rings is 2. The van der Waals surface area contributed by atoms with Gasteiger partial charge in [0.15, 0.2) is 6.61 Å². The zero-order valence-corrected chi connectivity index (χ0v) is 17.9. The van der Waals surface area contributed by atoms with Crippen LogP contribution in [-0.4, -0.2) is 52.4 Å². The molecule has 0 saturated heterocycles. The number of nitrogens with one attached hydrogen (secondary N) is 1. The third kappa shape index (κ3) is 5.47. The van der Waals surface area contributed by atoms with E-state index >= 15 is 0 Å². The van der Waals surface area contributed by atoms with Crippen LogP contribution >= 0.6 is 11.6 Å². The van der Waals surface area contributed by atoms with Gasteiger partial charge >= 0.3 is 5.97 Å². The molecule has 0 heterocycles. The maximum Gasteiger partial charge on any atom is 0.338 e. The van der Waals surface area contributed by atoms with Crippen LogP contribution in [0.2, 0.25) is 5.02 Å². The van der Waals surface area contributed by atoms with E-state index in [-0.39, 0.29) is 10.5 Å². The van der Waals surface area contributed by atoms with E-state index in [9.17, 15) is 18.0 Å². The zero-order chi connectivity index (χ0) is 21.8. The maximum atomic E-state index is 12.1. The minimum Gasteiger partial charge on any atom is -0.495 e. The van der Waals surface area contributed by atoms with Gasteiger partial charge in [0, 0.05) is 25.2 Å². The van der Waals surface area contributed by atoms with Crippen molar-refractivity contribution in [3.05, 3.63) is 52.5 Å². The second-order valence-electron chi connectivity index (χ2n) is 6.24. The molecule has 10 heteroatoms. The van der Waals surface area contributed by atoms with Crippen LogP contribution in [0.3, 0.4) is 0 Å². The second-order valence-corrected chi connectivity index (χ2v) is 8.80. The van der Waals surface area contributed by atoms with E-state index in [1.807, 2.05) is 0 Å². The van der Waals surface area contributed by atoms with Gasteiger partial charge in [-0.1, -0.05) is 11.6 Å². The summed E-state index contributed by atoms with van der Waals surface area (Å²) in [5.41, 5.74) is 1.26. The van der Waals surface area contributed by atoms with Gasteiger partial charge in [0.05, 0.1) is 23.3 Å². The number of amides is 1. The SMILES string of the molecule is COc1cc(Cl)c(C)cc1NC(=O)COC(=O)c1ccc(S(=O)(=O)N(C)C)cc1. The van der Waals surface area contributed by atoms with Gasteiger partial charge in [0.2, 0.25) is 10.0 Å². The lowest BCUT2D eigenvalue weighted by atomic mass is 10.2. The predicted molar refractivity (Wildman–Crippen MR) is 109 cm³/mol. The van der Waals surface area contributed by atoms with Gasteiger partial charge in [-0.25, -0.2) is 17.5 Å². The van der Waals surface area contributed by atoms with Crippen molar-refractivity contribution < 1.29 is 27.5 Å². The monoisotopic (exact) mass is 440 g/mol. The predicted octanol–water partition coefficient (Wildman–Crippen LogP) is 2.70. The third-order valence-electron chi connectivity index (χ3n) is 3.96. The van der Waals surface area contributed by atoms with E-state index < -0.39 is 28.5 Å². The van der Waals surface area contributed by atoms with E-state index in [0.29, 0.717) is 16.5 Å². The number of esters is 1. The van der Waals surface area contributed by atoms with Crippen LogP contribution in [0, 0.1) is 6.92 Å². The fraction of sp³-hybridized carbons (Fsp3) is 0.263. The molecule has 0 atom stereocenters. The normalized spacial score (nSPS) is 11.2. The summed E-state index contributed by atoms with van der Waals surface area (Å²) in [6.45, 7) is 1.25. The van der Waals surface area contributed by atoms with Crippen LogP contribution < -0.4 is 10.1 Å². The molecule has 2 rings (SSSR count). The van der Waals surface area contributed by atoms with Crippen molar-refractivity contribution in [3.63, 3.8) is 0 Å². The number of carbonyl (C=O) groups excluding carboxylic acids is 2. The topological polar surface area (TPSA) is 102 Å². The van der Waals surface area contributed by atoms with Crippen molar-refractivity contribution in [2.75, 3.05) is 33.1 Å². The van der Waals surface area contributed by atoms with Gasteiger partial charge in [-0.3, -0.25) is 4.79 Å². The highest BCUT2D eigenvalue weighted by molar-refractivity contribution is 7.89.